The van der Waals surface area contributed by atoms with Crippen molar-refractivity contribution in [2.45, 2.75) is 27.0 Å². The summed E-state index contributed by atoms with van der Waals surface area (Å²) in [6.45, 7) is 7.15. The zero-order chi connectivity index (χ0) is 18.1. The van der Waals surface area contributed by atoms with E-state index in [0.717, 1.165) is 29.8 Å². The predicted molar refractivity (Wildman–Crippen MR) is 120 cm³/mol. The van der Waals surface area contributed by atoms with E-state index in [-0.39, 0.29) is 24.0 Å². The molecule has 144 valence electrons. The van der Waals surface area contributed by atoms with E-state index in [0.29, 0.717) is 19.1 Å². The van der Waals surface area contributed by atoms with Crippen molar-refractivity contribution in [1.29, 1.82) is 0 Å². The van der Waals surface area contributed by atoms with Gasteiger partial charge in [0, 0.05) is 26.0 Å². The van der Waals surface area contributed by atoms with Gasteiger partial charge in [-0.05, 0) is 18.4 Å². The number of thiazole rings is 1. The van der Waals surface area contributed by atoms with Crippen LogP contribution in [0.2, 0.25) is 0 Å². The average molecular weight is 488 g/mol. The molecule has 0 saturated carbocycles. The van der Waals surface area contributed by atoms with Gasteiger partial charge in [0.25, 0.3) is 0 Å². The van der Waals surface area contributed by atoms with Crippen LogP contribution in [-0.4, -0.2) is 43.1 Å². The Labute approximate surface area is 177 Å². The standard InChI is InChI=1S/C19H28N4OS.HI/c1-15(12-24-13-17-8-6-5-7-9-17)10-21-19(20-3)23(4)11-18-14-25-16(2)22-18;/h5-9,14-15H,10-13H2,1-4H3,(H,20,21);1H. The van der Waals surface area contributed by atoms with E-state index >= 15 is 0 Å². The highest BCUT2D eigenvalue weighted by Crippen LogP contribution is 2.10. The summed E-state index contributed by atoms with van der Waals surface area (Å²) < 4.78 is 5.80. The molecule has 0 spiro atoms. The number of rotatable bonds is 8. The van der Waals surface area contributed by atoms with Crippen LogP contribution in [0.3, 0.4) is 0 Å². The molecule has 0 aliphatic rings. The Hall–Kier alpha value is -1.19. The summed E-state index contributed by atoms with van der Waals surface area (Å²) >= 11 is 1.68. The number of aliphatic imine (C=N–C) groups is 1. The Morgan fingerprint density at radius 3 is 2.69 bits per heavy atom. The summed E-state index contributed by atoms with van der Waals surface area (Å²) in [6, 6.07) is 10.3. The van der Waals surface area contributed by atoms with Gasteiger partial charge in [-0.25, -0.2) is 4.98 Å². The number of benzene rings is 1. The highest BCUT2D eigenvalue weighted by atomic mass is 127. The van der Waals surface area contributed by atoms with Crippen LogP contribution in [-0.2, 0) is 17.9 Å². The maximum Gasteiger partial charge on any atom is 0.193 e. The first kappa shape index (κ1) is 22.9. The van der Waals surface area contributed by atoms with Crippen molar-refractivity contribution in [2.75, 3.05) is 27.2 Å². The van der Waals surface area contributed by atoms with Crippen LogP contribution in [0, 0.1) is 12.8 Å². The number of hydrogen-bond acceptors (Lipinski definition) is 4. The van der Waals surface area contributed by atoms with Crippen LogP contribution < -0.4 is 5.32 Å². The predicted octanol–water partition coefficient (Wildman–Crippen LogP) is 3.93. The maximum absolute atomic E-state index is 5.80. The molecule has 1 atom stereocenters. The molecule has 7 heteroatoms. The highest BCUT2D eigenvalue weighted by molar-refractivity contribution is 14.0. The molecule has 1 aromatic heterocycles. The molecule has 0 amide bonds. The van der Waals surface area contributed by atoms with Gasteiger partial charge in [0.05, 0.1) is 30.5 Å². The summed E-state index contributed by atoms with van der Waals surface area (Å²) in [5, 5.41) is 6.61. The third-order valence-electron chi connectivity index (χ3n) is 3.76. The number of nitrogens with zero attached hydrogens (tertiary/aromatic N) is 3. The van der Waals surface area contributed by atoms with Crippen molar-refractivity contribution in [3.8, 4) is 0 Å². The molecule has 5 nitrogen and oxygen atoms in total. The zero-order valence-corrected chi connectivity index (χ0v) is 19.1. The largest absolute Gasteiger partial charge is 0.376 e. The molecule has 2 aromatic rings. The Bertz CT molecular complexity index is 663. The smallest absolute Gasteiger partial charge is 0.193 e. The maximum atomic E-state index is 5.80. The van der Waals surface area contributed by atoms with Crippen molar-refractivity contribution >= 4 is 41.3 Å². The van der Waals surface area contributed by atoms with E-state index < -0.39 is 0 Å². The number of halogens is 1. The van der Waals surface area contributed by atoms with Crippen LogP contribution in [0.4, 0.5) is 0 Å². The lowest BCUT2D eigenvalue weighted by Gasteiger charge is -2.23. The molecule has 0 saturated heterocycles. The monoisotopic (exact) mass is 488 g/mol. The van der Waals surface area contributed by atoms with Gasteiger partial charge < -0.3 is 15.0 Å². The Kier molecular flexibility index (Phi) is 10.8. The molecule has 0 bridgehead atoms. The topological polar surface area (TPSA) is 49.8 Å². The number of aryl methyl sites for hydroxylation is 1. The van der Waals surface area contributed by atoms with Gasteiger partial charge in [-0.15, -0.1) is 35.3 Å². The minimum atomic E-state index is 0. The van der Waals surface area contributed by atoms with Gasteiger partial charge in [0.2, 0.25) is 0 Å². The summed E-state index contributed by atoms with van der Waals surface area (Å²) in [7, 11) is 3.84. The van der Waals surface area contributed by atoms with Crippen LogP contribution in [0.25, 0.3) is 0 Å². The second-order valence-corrected chi connectivity index (χ2v) is 7.31. The minimum absolute atomic E-state index is 0. The van der Waals surface area contributed by atoms with Crippen LogP contribution in [0.5, 0.6) is 0 Å². The normalized spacial score (nSPS) is 12.4. The minimum Gasteiger partial charge on any atom is -0.376 e. The molecule has 0 aliphatic carbocycles. The third-order valence-corrected chi connectivity index (χ3v) is 4.58. The van der Waals surface area contributed by atoms with Gasteiger partial charge in [-0.2, -0.15) is 0 Å². The molecular weight excluding hydrogens is 459 g/mol. The van der Waals surface area contributed by atoms with E-state index in [1.165, 1.54) is 5.56 Å². The summed E-state index contributed by atoms with van der Waals surface area (Å²) in [4.78, 5) is 11.0. The second-order valence-electron chi connectivity index (χ2n) is 6.25. The molecule has 1 N–H and O–H groups in total. The van der Waals surface area contributed by atoms with Crippen molar-refractivity contribution in [3.63, 3.8) is 0 Å². The molecule has 0 fully saturated rings. The average Bonchev–Trinajstić information content (AvgIpc) is 3.01. The fourth-order valence-corrected chi connectivity index (χ4v) is 3.06. The lowest BCUT2D eigenvalue weighted by Crippen LogP contribution is -2.41. The zero-order valence-electron chi connectivity index (χ0n) is 15.9. The molecule has 0 aliphatic heterocycles. The van der Waals surface area contributed by atoms with Crippen molar-refractivity contribution < 1.29 is 4.74 Å². The number of guanidine groups is 1. The highest BCUT2D eigenvalue weighted by Gasteiger charge is 2.10. The first-order valence-corrected chi connectivity index (χ1v) is 9.41. The van der Waals surface area contributed by atoms with Gasteiger partial charge in [0.1, 0.15) is 0 Å². The summed E-state index contributed by atoms with van der Waals surface area (Å²) in [6.07, 6.45) is 0. The molecule has 1 unspecified atom stereocenters. The molecular formula is C19H29IN4OS. The molecule has 26 heavy (non-hydrogen) atoms. The first-order chi connectivity index (χ1) is 12.1. The summed E-state index contributed by atoms with van der Waals surface area (Å²) in [5.74, 6) is 1.27. The molecule has 2 rings (SSSR count). The van der Waals surface area contributed by atoms with Gasteiger partial charge in [-0.3, -0.25) is 4.99 Å². The van der Waals surface area contributed by atoms with E-state index in [1.54, 1.807) is 11.3 Å². The van der Waals surface area contributed by atoms with Gasteiger partial charge >= 0.3 is 0 Å². The number of nitrogens with one attached hydrogen (secondary N) is 1. The van der Waals surface area contributed by atoms with Gasteiger partial charge in [-0.1, -0.05) is 37.3 Å². The van der Waals surface area contributed by atoms with Crippen LogP contribution in [0.1, 0.15) is 23.2 Å². The van der Waals surface area contributed by atoms with Crippen molar-refractivity contribution in [2.24, 2.45) is 10.9 Å². The summed E-state index contributed by atoms with van der Waals surface area (Å²) in [5.41, 5.74) is 2.28. The molecule has 1 aromatic carbocycles. The SMILES string of the molecule is CN=C(NCC(C)COCc1ccccc1)N(C)Cc1csc(C)n1.I. The van der Waals surface area contributed by atoms with Crippen molar-refractivity contribution in [3.05, 3.63) is 52.0 Å². The lowest BCUT2D eigenvalue weighted by atomic mass is 10.2. The third kappa shape index (κ3) is 8.01. The molecule has 1 heterocycles. The molecule has 0 radical (unpaired) electrons. The number of ether oxygens (including phenoxy) is 1. The van der Waals surface area contributed by atoms with Gasteiger partial charge in [0.15, 0.2) is 5.96 Å². The fraction of sp³-hybridized carbons (Fsp3) is 0.474. The fourth-order valence-electron chi connectivity index (χ4n) is 2.46. The Balaban J connectivity index is 0.00000338. The lowest BCUT2D eigenvalue weighted by molar-refractivity contribution is 0.0929. The van der Waals surface area contributed by atoms with E-state index in [2.05, 4.69) is 44.6 Å². The van der Waals surface area contributed by atoms with Crippen molar-refractivity contribution in [1.82, 2.24) is 15.2 Å². The van der Waals surface area contributed by atoms with E-state index in [1.807, 2.05) is 39.2 Å². The number of aromatic nitrogens is 1. The van der Waals surface area contributed by atoms with Crippen LogP contribution in [0.15, 0.2) is 40.7 Å². The second kappa shape index (κ2) is 12.2. The quantitative estimate of drug-likeness (QED) is 0.348. The van der Waals surface area contributed by atoms with E-state index in [4.69, 9.17) is 4.74 Å². The first-order valence-electron chi connectivity index (χ1n) is 8.53. The number of hydrogen-bond donors (Lipinski definition) is 1. The Morgan fingerprint density at radius 2 is 2.08 bits per heavy atom. The van der Waals surface area contributed by atoms with E-state index in [9.17, 15) is 0 Å². The van der Waals surface area contributed by atoms with Crippen LogP contribution >= 0.6 is 35.3 Å². The Morgan fingerprint density at radius 1 is 1.35 bits per heavy atom.